The molecule has 0 aromatic carbocycles. The average molecular weight is 221 g/mol. The minimum absolute atomic E-state index is 0.0607. The van der Waals surface area contributed by atoms with Gasteiger partial charge in [0.05, 0.1) is 0 Å². The van der Waals surface area contributed by atoms with E-state index in [0.717, 1.165) is 0 Å². The lowest BCUT2D eigenvalue weighted by Gasteiger charge is -2.53. The summed E-state index contributed by atoms with van der Waals surface area (Å²) in [6.07, 6.45) is -0.514. The second-order valence-electron chi connectivity index (χ2n) is 6.25. The molecule has 2 aliphatic rings. The summed E-state index contributed by atoms with van der Waals surface area (Å²) in [5, 5.41) is 0. The van der Waals surface area contributed by atoms with Gasteiger partial charge in [-0.3, -0.25) is 0 Å². The molecule has 0 spiro atoms. The monoisotopic (exact) mass is 221 g/mol. The van der Waals surface area contributed by atoms with Crippen LogP contribution in [0.4, 0.5) is 13.2 Å². The van der Waals surface area contributed by atoms with Gasteiger partial charge in [0.25, 0.3) is 0 Å². The van der Waals surface area contributed by atoms with Crippen LogP contribution in [-0.2, 0) is 0 Å². The summed E-state index contributed by atoms with van der Waals surface area (Å²) in [7, 11) is 0. The van der Waals surface area contributed by atoms with Gasteiger partial charge in [-0.05, 0) is 26.7 Å². The Morgan fingerprint density at radius 1 is 0.800 bits per heavy atom. The first-order valence-electron chi connectivity index (χ1n) is 5.39. The van der Waals surface area contributed by atoms with E-state index in [9.17, 15) is 13.2 Å². The molecule has 1 nitrogen and oxygen atoms in total. The molecule has 2 fully saturated rings. The van der Waals surface area contributed by atoms with Gasteiger partial charge >= 0.3 is 0 Å². The molecule has 0 amide bonds. The largest absolute Gasteiger partial charge is 0.325 e. The molecule has 0 radical (unpaired) electrons. The van der Waals surface area contributed by atoms with E-state index in [4.69, 9.17) is 5.73 Å². The Bertz CT molecular complexity index is 231. The smallest absolute Gasteiger partial charge is 0.118 e. The van der Waals surface area contributed by atoms with Crippen molar-refractivity contribution in [3.63, 3.8) is 0 Å². The number of halogens is 3. The fourth-order valence-corrected chi connectivity index (χ4v) is 3.84. The van der Waals surface area contributed by atoms with E-state index in [1.54, 1.807) is 6.92 Å². The normalized spacial score (nSPS) is 60.4. The molecule has 2 rings (SSSR count). The van der Waals surface area contributed by atoms with E-state index in [1.165, 1.54) is 6.92 Å². The topological polar surface area (TPSA) is 26.0 Å². The van der Waals surface area contributed by atoms with Crippen molar-refractivity contribution in [2.45, 2.75) is 68.5 Å². The third kappa shape index (κ3) is 2.14. The van der Waals surface area contributed by atoms with Crippen LogP contribution in [0.5, 0.6) is 0 Å². The highest BCUT2D eigenvalue weighted by molar-refractivity contribution is 5.13. The first kappa shape index (κ1) is 11.2. The summed E-state index contributed by atoms with van der Waals surface area (Å²) >= 11 is 0. The third-order valence-corrected chi connectivity index (χ3v) is 3.45. The molecular weight excluding hydrogens is 203 g/mol. The second kappa shape index (κ2) is 2.70. The van der Waals surface area contributed by atoms with E-state index in [1.807, 2.05) is 0 Å². The van der Waals surface area contributed by atoms with Gasteiger partial charge in [0, 0.05) is 24.8 Å². The van der Waals surface area contributed by atoms with E-state index >= 15 is 0 Å². The first-order valence-corrected chi connectivity index (χ1v) is 5.39. The fraction of sp³-hybridized carbons (Fsp3) is 1.00. The lowest BCUT2D eigenvalue weighted by Crippen LogP contribution is -2.62. The lowest BCUT2D eigenvalue weighted by atomic mass is 9.59. The number of hydrogen-bond donors (Lipinski definition) is 1. The molecule has 88 valence electrons. The highest BCUT2D eigenvalue weighted by Gasteiger charge is 2.61. The zero-order chi connectivity index (χ0) is 11.5. The van der Waals surface area contributed by atoms with Gasteiger partial charge in [0.1, 0.15) is 17.0 Å². The molecule has 0 saturated heterocycles. The first-order chi connectivity index (χ1) is 6.54. The summed E-state index contributed by atoms with van der Waals surface area (Å²) in [4.78, 5) is 0. The molecule has 2 N–H and O–H groups in total. The summed E-state index contributed by atoms with van der Waals surface area (Å²) < 4.78 is 42.4. The van der Waals surface area contributed by atoms with E-state index in [0.29, 0.717) is 0 Å². The Labute approximate surface area is 88.2 Å². The molecule has 2 atom stereocenters. The van der Waals surface area contributed by atoms with E-state index < -0.39 is 22.5 Å². The van der Waals surface area contributed by atoms with Crippen LogP contribution in [0.1, 0.15) is 46.0 Å². The molecule has 0 heterocycles. The van der Waals surface area contributed by atoms with Crippen molar-refractivity contribution in [1.29, 1.82) is 0 Å². The summed E-state index contributed by atoms with van der Waals surface area (Å²) in [6, 6.07) is 0. The van der Waals surface area contributed by atoms with Gasteiger partial charge in [-0.15, -0.1) is 0 Å². The minimum Gasteiger partial charge on any atom is -0.325 e. The van der Waals surface area contributed by atoms with E-state index in [2.05, 4.69) is 0 Å². The minimum atomic E-state index is -1.77. The van der Waals surface area contributed by atoms with Gasteiger partial charge in [0.2, 0.25) is 0 Å². The predicted molar refractivity (Wildman–Crippen MR) is 52.9 cm³/mol. The summed E-state index contributed by atoms with van der Waals surface area (Å²) in [6.45, 7) is 2.93. The Morgan fingerprint density at radius 3 is 1.60 bits per heavy atom. The lowest BCUT2D eigenvalue weighted by molar-refractivity contribution is -0.128. The van der Waals surface area contributed by atoms with Crippen molar-refractivity contribution < 1.29 is 13.2 Å². The summed E-state index contributed by atoms with van der Waals surface area (Å²) in [5.41, 5.74) is -0.293. The quantitative estimate of drug-likeness (QED) is 0.668. The van der Waals surface area contributed by atoms with Crippen LogP contribution in [-0.4, -0.2) is 22.5 Å². The molecule has 2 unspecified atom stereocenters. The number of hydrogen-bond acceptors (Lipinski definition) is 1. The SMILES string of the molecule is CC1(N)CC2(F)CC(C)(F)CC(F)(C1)C2. The van der Waals surface area contributed by atoms with Gasteiger partial charge in [-0.25, -0.2) is 13.2 Å². The molecule has 0 aliphatic heterocycles. The maximum atomic E-state index is 14.3. The van der Waals surface area contributed by atoms with Crippen LogP contribution in [0, 0.1) is 0 Å². The number of alkyl halides is 3. The highest BCUT2D eigenvalue weighted by atomic mass is 19.2. The molecule has 4 heteroatoms. The average Bonchev–Trinajstić information content (AvgIpc) is 1.67. The van der Waals surface area contributed by atoms with Crippen molar-refractivity contribution in [2.75, 3.05) is 0 Å². The maximum absolute atomic E-state index is 14.3. The Morgan fingerprint density at radius 2 is 1.20 bits per heavy atom. The molecule has 2 bridgehead atoms. The molecule has 0 aromatic rings. The van der Waals surface area contributed by atoms with E-state index in [-0.39, 0.29) is 32.1 Å². The van der Waals surface area contributed by atoms with Crippen molar-refractivity contribution in [2.24, 2.45) is 5.73 Å². The standard InChI is InChI=1S/C11H18F3N/c1-8(12)3-10(13)5-9(2,15)6-11(14,4-8)7-10/h3-7,15H2,1-2H3. The van der Waals surface area contributed by atoms with Crippen molar-refractivity contribution in [3.05, 3.63) is 0 Å². The van der Waals surface area contributed by atoms with Crippen LogP contribution < -0.4 is 5.73 Å². The number of nitrogens with two attached hydrogens (primary N) is 1. The van der Waals surface area contributed by atoms with Gasteiger partial charge in [0.15, 0.2) is 0 Å². The van der Waals surface area contributed by atoms with Crippen molar-refractivity contribution >= 4 is 0 Å². The molecule has 15 heavy (non-hydrogen) atoms. The zero-order valence-corrected chi connectivity index (χ0v) is 9.25. The Balaban J connectivity index is 2.33. The van der Waals surface area contributed by atoms with Crippen LogP contribution >= 0.6 is 0 Å². The Hall–Kier alpha value is -0.250. The van der Waals surface area contributed by atoms with Crippen LogP contribution in [0.25, 0.3) is 0 Å². The highest BCUT2D eigenvalue weighted by Crippen LogP contribution is 2.56. The second-order valence-corrected chi connectivity index (χ2v) is 6.25. The van der Waals surface area contributed by atoms with Gasteiger partial charge in [-0.1, -0.05) is 0 Å². The van der Waals surface area contributed by atoms with Gasteiger partial charge in [-0.2, -0.15) is 0 Å². The van der Waals surface area contributed by atoms with Crippen LogP contribution in [0.15, 0.2) is 0 Å². The third-order valence-electron chi connectivity index (χ3n) is 3.45. The fourth-order valence-electron chi connectivity index (χ4n) is 3.84. The predicted octanol–water partition coefficient (Wildman–Crippen LogP) is 2.83. The van der Waals surface area contributed by atoms with Crippen molar-refractivity contribution in [3.8, 4) is 0 Å². The van der Waals surface area contributed by atoms with Crippen LogP contribution in [0.3, 0.4) is 0 Å². The van der Waals surface area contributed by atoms with Crippen molar-refractivity contribution in [1.82, 2.24) is 0 Å². The maximum Gasteiger partial charge on any atom is 0.118 e. The van der Waals surface area contributed by atoms with Crippen LogP contribution in [0.2, 0.25) is 0 Å². The summed E-state index contributed by atoms with van der Waals surface area (Å²) in [5.74, 6) is 0. The van der Waals surface area contributed by atoms with Gasteiger partial charge < -0.3 is 5.73 Å². The molecular formula is C11H18F3N. The number of fused-ring (bicyclic) bond motifs is 2. The molecule has 2 saturated carbocycles. The molecule has 0 aromatic heterocycles. The number of rotatable bonds is 0. The zero-order valence-electron chi connectivity index (χ0n) is 9.25. The Kier molecular flexibility index (Phi) is 2.03. The molecule has 2 aliphatic carbocycles.